The van der Waals surface area contributed by atoms with Crippen molar-refractivity contribution >= 4 is 15.9 Å². The summed E-state index contributed by atoms with van der Waals surface area (Å²) in [5.41, 5.74) is 0.884. The number of nitrogens with one attached hydrogen (secondary N) is 1. The highest BCUT2D eigenvalue weighted by Crippen LogP contribution is 2.28. The number of phenols is 1. The molecule has 1 saturated heterocycles. The molecule has 0 aromatic heterocycles. The highest BCUT2D eigenvalue weighted by Gasteiger charge is 2.24. The van der Waals surface area contributed by atoms with Crippen molar-refractivity contribution in [2.24, 2.45) is 0 Å². The van der Waals surface area contributed by atoms with E-state index < -0.39 is 10.2 Å². The predicted molar refractivity (Wildman–Crippen MR) is 70.8 cm³/mol. The average molecular weight is 270 g/mol. The maximum Gasteiger partial charge on any atom is 0.301 e. The van der Waals surface area contributed by atoms with Crippen LogP contribution in [0.5, 0.6) is 5.75 Å². The fourth-order valence-electron chi connectivity index (χ4n) is 2.05. The van der Waals surface area contributed by atoms with E-state index in [0.29, 0.717) is 18.7 Å². The van der Waals surface area contributed by atoms with Gasteiger partial charge in [0.25, 0.3) is 0 Å². The third-order valence-electron chi connectivity index (χ3n) is 3.13. The van der Waals surface area contributed by atoms with Crippen LogP contribution in [0.3, 0.4) is 0 Å². The second kappa shape index (κ2) is 5.16. The summed E-state index contributed by atoms with van der Waals surface area (Å²) in [6.45, 7) is 2.82. The minimum atomic E-state index is -3.55. The number of aryl methyl sites for hydroxylation is 1. The Morgan fingerprint density at radius 2 is 1.89 bits per heavy atom. The lowest BCUT2D eigenvalue weighted by Gasteiger charge is -2.26. The van der Waals surface area contributed by atoms with Gasteiger partial charge in [0, 0.05) is 13.1 Å². The average Bonchev–Trinajstić information content (AvgIpc) is 2.36. The van der Waals surface area contributed by atoms with Gasteiger partial charge in [-0.3, -0.25) is 4.72 Å². The van der Waals surface area contributed by atoms with E-state index in [-0.39, 0.29) is 11.4 Å². The van der Waals surface area contributed by atoms with Crippen LogP contribution in [0.25, 0.3) is 0 Å². The normalized spacial score (nSPS) is 17.6. The summed E-state index contributed by atoms with van der Waals surface area (Å²) >= 11 is 0. The van der Waals surface area contributed by atoms with E-state index in [2.05, 4.69) is 4.72 Å². The molecule has 0 spiro atoms. The summed E-state index contributed by atoms with van der Waals surface area (Å²) in [6, 6.07) is 5.00. The summed E-state index contributed by atoms with van der Waals surface area (Å²) in [7, 11) is -3.55. The van der Waals surface area contributed by atoms with Crippen molar-refractivity contribution in [3.63, 3.8) is 0 Å². The van der Waals surface area contributed by atoms with E-state index in [4.69, 9.17) is 0 Å². The van der Waals surface area contributed by atoms with Crippen molar-refractivity contribution in [1.82, 2.24) is 4.31 Å². The highest BCUT2D eigenvalue weighted by atomic mass is 32.2. The number of hydrogen-bond donors (Lipinski definition) is 2. The molecule has 0 radical (unpaired) electrons. The minimum Gasteiger partial charge on any atom is -0.505 e. The Hall–Kier alpha value is -1.27. The zero-order valence-corrected chi connectivity index (χ0v) is 11.2. The number of aromatic hydroxyl groups is 1. The number of nitrogens with zero attached hydrogens (tertiary/aromatic N) is 1. The van der Waals surface area contributed by atoms with Crippen molar-refractivity contribution in [3.8, 4) is 5.75 Å². The number of hydrogen-bond acceptors (Lipinski definition) is 3. The first-order valence-corrected chi connectivity index (χ1v) is 7.51. The molecule has 0 bridgehead atoms. The molecule has 0 unspecified atom stereocenters. The summed E-state index contributed by atoms with van der Waals surface area (Å²) in [5.74, 6) is -0.0157. The topological polar surface area (TPSA) is 69.6 Å². The lowest BCUT2D eigenvalue weighted by Crippen LogP contribution is -2.39. The fourth-order valence-corrected chi connectivity index (χ4v) is 3.36. The van der Waals surface area contributed by atoms with Crippen LogP contribution in [0.2, 0.25) is 0 Å². The minimum absolute atomic E-state index is 0.0157. The van der Waals surface area contributed by atoms with E-state index in [1.165, 1.54) is 4.31 Å². The smallest absolute Gasteiger partial charge is 0.301 e. The van der Waals surface area contributed by atoms with E-state index >= 15 is 0 Å². The van der Waals surface area contributed by atoms with Gasteiger partial charge in [0.15, 0.2) is 0 Å². The first-order valence-electron chi connectivity index (χ1n) is 6.07. The molecule has 1 aromatic carbocycles. The van der Waals surface area contributed by atoms with Gasteiger partial charge in [-0.1, -0.05) is 18.6 Å². The Labute approximate surface area is 108 Å². The van der Waals surface area contributed by atoms with Crippen molar-refractivity contribution in [3.05, 3.63) is 23.8 Å². The van der Waals surface area contributed by atoms with Crippen LogP contribution in [-0.2, 0) is 10.2 Å². The molecule has 0 atom stereocenters. The molecule has 1 aromatic rings. The molecule has 2 rings (SSSR count). The van der Waals surface area contributed by atoms with E-state index in [0.717, 1.165) is 19.3 Å². The summed E-state index contributed by atoms with van der Waals surface area (Å²) in [4.78, 5) is 0. The van der Waals surface area contributed by atoms with Gasteiger partial charge in [0.2, 0.25) is 0 Å². The number of phenolic OH excluding ortho intramolecular Hbond substituents is 1. The summed E-state index contributed by atoms with van der Waals surface area (Å²) in [5, 5.41) is 9.81. The standard InChI is InChI=1S/C12H18N2O3S/c1-10-6-5-7-11(12(10)15)13-18(16,17)14-8-3-2-4-9-14/h5-7,13,15H,2-4,8-9H2,1H3. The van der Waals surface area contributed by atoms with E-state index in [1.807, 2.05) is 0 Å². The summed E-state index contributed by atoms with van der Waals surface area (Å²) in [6.07, 6.45) is 2.85. The monoisotopic (exact) mass is 270 g/mol. The van der Waals surface area contributed by atoms with Crippen molar-refractivity contribution in [1.29, 1.82) is 0 Å². The van der Waals surface area contributed by atoms with Crippen LogP contribution >= 0.6 is 0 Å². The van der Waals surface area contributed by atoms with Crippen molar-refractivity contribution in [2.45, 2.75) is 26.2 Å². The maximum atomic E-state index is 12.1. The van der Waals surface area contributed by atoms with Gasteiger partial charge in [-0.2, -0.15) is 12.7 Å². The van der Waals surface area contributed by atoms with E-state index in [1.54, 1.807) is 25.1 Å². The molecule has 1 heterocycles. The zero-order chi connectivity index (χ0) is 13.2. The largest absolute Gasteiger partial charge is 0.505 e. The lowest BCUT2D eigenvalue weighted by molar-refractivity contribution is 0.349. The number of piperidine rings is 1. The van der Waals surface area contributed by atoms with E-state index in [9.17, 15) is 13.5 Å². The maximum absolute atomic E-state index is 12.1. The molecule has 1 aliphatic rings. The number of rotatable bonds is 3. The molecule has 1 fully saturated rings. The Morgan fingerprint density at radius 1 is 1.22 bits per heavy atom. The molecule has 0 saturated carbocycles. The van der Waals surface area contributed by atoms with Crippen LogP contribution in [0.4, 0.5) is 5.69 Å². The van der Waals surface area contributed by atoms with Gasteiger partial charge in [-0.05, 0) is 31.4 Å². The lowest BCUT2D eigenvalue weighted by atomic mass is 10.2. The van der Waals surface area contributed by atoms with Gasteiger partial charge < -0.3 is 5.11 Å². The summed E-state index contributed by atoms with van der Waals surface area (Å²) < 4.78 is 28.1. The number of para-hydroxylation sites is 1. The predicted octanol–water partition coefficient (Wildman–Crippen LogP) is 1.84. The van der Waals surface area contributed by atoms with Gasteiger partial charge in [-0.25, -0.2) is 0 Å². The first-order chi connectivity index (χ1) is 8.50. The highest BCUT2D eigenvalue weighted by molar-refractivity contribution is 7.90. The first kappa shape index (κ1) is 13.2. The van der Waals surface area contributed by atoms with Crippen molar-refractivity contribution < 1.29 is 13.5 Å². The van der Waals surface area contributed by atoms with Crippen LogP contribution < -0.4 is 4.72 Å². The third kappa shape index (κ3) is 2.76. The molecule has 5 nitrogen and oxygen atoms in total. The molecule has 18 heavy (non-hydrogen) atoms. The molecule has 0 amide bonds. The van der Waals surface area contributed by atoms with Crippen molar-refractivity contribution in [2.75, 3.05) is 17.8 Å². The second-order valence-electron chi connectivity index (χ2n) is 4.54. The Kier molecular flexibility index (Phi) is 3.77. The molecule has 1 aliphatic heterocycles. The zero-order valence-electron chi connectivity index (χ0n) is 10.4. The van der Waals surface area contributed by atoms with Gasteiger partial charge >= 0.3 is 10.2 Å². The number of benzene rings is 1. The molecular weight excluding hydrogens is 252 g/mol. The van der Waals surface area contributed by atoms with Crippen LogP contribution in [0, 0.1) is 6.92 Å². The number of anilines is 1. The Balaban J connectivity index is 2.19. The van der Waals surface area contributed by atoms with Crippen LogP contribution in [0.1, 0.15) is 24.8 Å². The molecule has 100 valence electrons. The quantitative estimate of drug-likeness (QED) is 0.823. The fraction of sp³-hybridized carbons (Fsp3) is 0.500. The van der Waals surface area contributed by atoms with Gasteiger partial charge in [0.1, 0.15) is 5.75 Å². The second-order valence-corrected chi connectivity index (χ2v) is 6.21. The molecule has 2 N–H and O–H groups in total. The van der Waals surface area contributed by atoms with Crippen LogP contribution in [0.15, 0.2) is 18.2 Å². The molecular formula is C12H18N2O3S. The van der Waals surface area contributed by atoms with Crippen LogP contribution in [-0.4, -0.2) is 30.9 Å². The third-order valence-corrected chi connectivity index (χ3v) is 4.65. The van der Waals surface area contributed by atoms with Gasteiger partial charge in [0.05, 0.1) is 5.69 Å². The van der Waals surface area contributed by atoms with Gasteiger partial charge in [-0.15, -0.1) is 0 Å². The Morgan fingerprint density at radius 3 is 2.56 bits per heavy atom. The Bertz CT molecular complexity index is 522. The SMILES string of the molecule is Cc1cccc(NS(=O)(=O)N2CCCCC2)c1O. The molecule has 6 heteroatoms. The molecule has 0 aliphatic carbocycles.